The van der Waals surface area contributed by atoms with Gasteiger partial charge in [-0.1, -0.05) is 32.6 Å². The molecule has 0 aromatic carbocycles. The van der Waals surface area contributed by atoms with Gasteiger partial charge in [0.05, 0.1) is 0 Å². The van der Waals surface area contributed by atoms with E-state index in [0.29, 0.717) is 18.2 Å². The molecule has 2 aliphatic carbocycles. The molecule has 0 bridgehead atoms. The van der Waals surface area contributed by atoms with Crippen LogP contribution in [0.5, 0.6) is 0 Å². The molecule has 0 spiro atoms. The van der Waals surface area contributed by atoms with Gasteiger partial charge in [0.15, 0.2) is 0 Å². The van der Waals surface area contributed by atoms with Gasteiger partial charge in [-0.3, -0.25) is 4.79 Å². The van der Waals surface area contributed by atoms with Crippen molar-refractivity contribution in [1.82, 2.24) is 0 Å². The van der Waals surface area contributed by atoms with Crippen molar-refractivity contribution in [3.8, 4) is 0 Å². The SMILES string of the molecule is CCC1CCCC(C(=O)C2(CN)CCC2)C1. The lowest BCUT2D eigenvalue weighted by molar-refractivity contribution is -0.138. The van der Waals surface area contributed by atoms with Gasteiger partial charge in [-0.2, -0.15) is 0 Å². The molecule has 0 aliphatic heterocycles. The average molecular weight is 223 g/mol. The molecule has 0 saturated heterocycles. The largest absolute Gasteiger partial charge is 0.329 e. The topological polar surface area (TPSA) is 43.1 Å². The van der Waals surface area contributed by atoms with E-state index >= 15 is 0 Å². The van der Waals surface area contributed by atoms with E-state index in [1.165, 1.54) is 25.7 Å². The number of Topliss-reactive ketones (excluding diaryl/α,β-unsaturated/α-hetero) is 1. The first-order chi connectivity index (χ1) is 7.72. The molecule has 0 radical (unpaired) electrons. The van der Waals surface area contributed by atoms with Crippen molar-refractivity contribution in [1.29, 1.82) is 0 Å². The molecule has 2 rings (SSSR count). The zero-order valence-electron chi connectivity index (χ0n) is 10.5. The van der Waals surface area contributed by atoms with Crippen LogP contribution >= 0.6 is 0 Å². The maximum Gasteiger partial charge on any atom is 0.143 e. The number of carbonyl (C=O) groups is 1. The first kappa shape index (κ1) is 12.1. The second-order valence-corrected chi connectivity index (χ2v) is 5.84. The molecule has 2 atom stereocenters. The van der Waals surface area contributed by atoms with Gasteiger partial charge in [0, 0.05) is 17.9 Å². The van der Waals surface area contributed by atoms with Crippen molar-refractivity contribution in [2.24, 2.45) is 23.0 Å². The Morgan fingerprint density at radius 3 is 2.56 bits per heavy atom. The van der Waals surface area contributed by atoms with E-state index in [0.717, 1.165) is 31.6 Å². The summed E-state index contributed by atoms with van der Waals surface area (Å²) in [6.07, 6.45) is 9.37. The fourth-order valence-electron chi connectivity index (χ4n) is 3.49. The molecule has 2 saturated carbocycles. The molecule has 0 aromatic heterocycles. The third kappa shape index (κ3) is 2.04. The van der Waals surface area contributed by atoms with Crippen molar-refractivity contribution >= 4 is 5.78 Å². The van der Waals surface area contributed by atoms with Crippen LogP contribution < -0.4 is 5.73 Å². The molecule has 0 heterocycles. The summed E-state index contributed by atoms with van der Waals surface area (Å²) >= 11 is 0. The third-order valence-corrected chi connectivity index (χ3v) is 4.96. The molecule has 0 amide bonds. The molecule has 16 heavy (non-hydrogen) atoms. The highest BCUT2D eigenvalue weighted by molar-refractivity contribution is 5.88. The number of nitrogens with two attached hydrogens (primary N) is 1. The van der Waals surface area contributed by atoms with Crippen molar-refractivity contribution in [2.75, 3.05) is 6.54 Å². The minimum absolute atomic E-state index is 0.0969. The Bertz CT molecular complexity index is 252. The second-order valence-electron chi connectivity index (χ2n) is 5.84. The van der Waals surface area contributed by atoms with Crippen LogP contribution in [-0.2, 0) is 4.79 Å². The summed E-state index contributed by atoms with van der Waals surface area (Å²) in [4.78, 5) is 12.5. The van der Waals surface area contributed by atoms with Crippen LogP contribution in [0.1, 0.15) is 58.3 Å². The maximum absolute atomic E-state index is 12.5. The summed E-state index contributed by atoms with van der Waals surface area (Å²) in [7, 11) is 0. The smallest absolute Gasteiger partial charge is 0.143 e. The summed E-state index contributed by atoms with van der Waals surface area (Å²) in [6.45, 7) is 2.83. The van der Waals surface area contributed by atoms with Crippen LogP contribution in [0.3, 0.4) is 0 Å². The number of hydrogen-bond donors (Lipinski definition) is 1. The lowest BCUT2D eigenvalue weighted by Gasteiger charge is -2.43. The molecule has 2 nitrogen and oxygen atoms in total. The molecule has 2 aliphatic rings. The Balaban J connectivity index is 1.98. The first-order valence-corrected chi connectivity index (χ1v) is 6.96. The summed E-state index contributed by atoms with van der Waals surface area (Å²) < 4.78 is 0. The Kier molecular flexibility index (Phi) is 3.68. The summed E-state index contributed by atoms with van der Waals surface area (Å²) in [5, 5.41) is 0. The monoisotopic (exact) mass is 223 g/mol. The molecule has 2 fully saturated rings. The molecular weight excluding hydrogens is 198 g/mol. The van der Waals surface area contributed by atoms with E-state index < -0.39 is 0 Å². The number of ketones is 1. The third-order valence-electron chi connectivity index (χ3n) is 4.96. The fourth-order valence-corrected chi connectivity index (χ4v) is 3.49. The Morgan fingerprint density at radius 2 is 2.06 bits per heavy atom. The van der Waals surface area contributed by atoms with Gasteiger partial charge in [-0.15, -0.1) is 0 Å². The van der Waals surface area contributed by atoms with Gasteiger partial charge in [-0.25, -0.2) is 0 Å². The van der Waals surface area contributed by atoms with E-state index in [2.05, 4.69) is 6.92 Å². The van der Waals surface area contributed by atoms with E-state index in [4.69, 9.17) is 5.73 Å². The van der Waals surface area contributed by atoms with Gasteiger partial charge >= 0.3 is 0 Å². The molecule has 92 valence electrons. The Labute approximate surface area is 99.0 Å². The zero-order valence-corrected chi connectivity index (χ0v) is 10.5. The van der Waals surface area contributed by atoms with Gasteiger partial charge in [0.1, 0.15) is 5.78 Å². The first-order valence-electron chi connectivity index (χ1n) is 6.96. The Hall–Kier alpha value is -0.370. The predicted octanol–water partition coefficient (Wildman–Crippen LogP) is 2.90. The van der Waals surface area contributed by atoms with Gasteiger partial charge in [0.25, 0.3) is 0 Å². The summed E-state index contributed by atoms with van der Waals surface area (Å²) in [5.74, 6) is 1.64. The lowest BCUT2D eigenvalue weighted by atomic mass is 9.61. The van der Waals surface area contributed by atoms with Crippen LogP contribution in [0, 0.1) is 17.3 Å². The average Bonchev–Trinajstić information content (AvgIpc) is 2.28. The molecule has 2 N–H and O–H groups in total. The highest BCUT2D eigenvalue weighted by Crippen LogP contribution is 2.45. The second kappa shape index (κ2) is 4.87. The number of hydrogen-bond acceptors (Lipinski definition) is 2. The summed E-state index contributed by atoms with van der Waals surface area (Å²) in [6, 6.07) is 0. The van der Waals surface area contributed by atoms with Gasteiger partial charge < -0.3 is 5.73 Å². The van der Waals surface area contributed by atoms with Crippen LogP contribution in [0.4, 0.5) is 0 Å². The van der Waals surface area contributed by atoms with Crippen molar-refractivity contribution < 1.29 is 4.79 Å². The Morgan fingerprint density at radius 1 is 1.31 bits per heavy atom. The normalized spacial score (nSPS) is 33.1. The quantitative estimate of drug-likeness (QED) is 0.796. The summed E-state index contributed by atoms with van der Waals surface area (Å²) in [5.41, 5.74) is 5.73. The van der Waals surface area contributed by atoms with Crippen LogP contribution in [0.2, 0.25) is 0 Å². The van der Waals surface area contributed by atoms with E-state index in [-0.39, 0.29) is 5.41 Å². The van der Waals surface area contributed by atoms with E-state index in [1.54, 1.807) is 0 Å². The zero-order chi connectivity index (χ0) is 11.6. The fraction of sp³-hybridized carbons (Fsp3) is 0.929. The van der Waals surface area contributed by atoms with E-state index in [1.807, 2.05) is 0 Å². The predicted molar refractivity (Wildman–Crippen MR) is 66.1 cm³/mol. The molecule has 2 unspecified atom stereocenters. The highest BCUT2D eigenvalue weighted by Gasteiger charge is 2.45. The van der Waals surface area contributed by atoms with Gasteiger partial charge in [0.2, 0.25) is 0 Å². The maximum atomic E-state index is 12.5. The molecule has 0 aromatic rings. The number of carbonyl (C=O) groups excluding carboxylic acids is 1. The van der Waals surface area contributed by atoms with E-state index in [9.17, 15) is 4.79 Å². The lowest BCUT2D eigenvalue weighted by Crippen LogP contribution is -2.48. The van der Waals surface area contributed by atoms with Gasteiger partial charge in [-0.05, 0) is 31.6 Å². The van der Waals surface area contributed by atoms with Crippen LogP contribution in [0.25, 0.3) is 0 Å². The van der Waals surface area contributed by atoms with Crippen molar-refractivity contribution in [3.63, 3.8) is 0 Å². The highest BCUT2D eigenvalue weighted by atomic mass is 16.1. The van der Waals surface area contributed by atoms with Crippen LogP contribution in [0.15, 0.2) is 0 Å². The van der Waals surface area contributed by atoms with Crippen LogP contribution in [-0.4, -0.2) is 12.3 Å². The molecule has 2 heteroatoms. The standard InChI is InChI=1S/C14H25NO/c1-2-11-5-3-6-12(9-11)13(16)14(10-15)7-4-8-14/h11-12H,2-10,15H2,1H3. The molecular formula is C14H25NO. The van der Waals surface area contributed by atoms with Crippen molar-refractivity contribution in [2.45, 2.75) is 58.3 Å². The van der Waals surface area contributed by atoms with Crippen molar-refractivity contribution in [3.05, 3.63) is 0 Å². The minimum Gasteiger partial charge on any atom is -0.329 e. The number of rotatable bonds is 4. The minimum atomic E-state index is -0.0969.